The topological polar surface area (TPSA) is 109 Å². The lowest BCUT2D eigenvalue weighted by molar-refractivity contribution is -0.137. The van der Waals surface area contributed by atoms with Crippen LogP contribution in [0.5, 0.6) is 5.75 Å². The standard InChI is InChI=1S/C29H34F3N5O3/c1-4-23(38)37-21-9-8-19(11-15(21)2)36-28(39)24-16(3)35-27-25(33-14-34-26(24)27)20-12-18(29(30,31)32)7-10-22(20)40-13-17-5-6-17/h7,10,12,14-15,17,19,21,35H,4-6,8-9,11,13H2,1-3H3,(H,36,39)(H,37,38)/t15-,19+,21+/m1/s1. The van der Waals surface area contributed by atoms with Gasteiger partial charge in [-0.1, -0.05) is 13.8 Å². The Hall–Kier alpha value is -3.63. The summed E-state index contributed by atoms with van der Waals surface area (Å²) in [6.07, 6.45) is 1.42. The van der Waals surface area contributed by atoms with E-state index in [1.807, 2.05) is 6.92 Å². The number of carbonyl (C=O) groups is 2. The highest BCUT2D eigenvalue weighted by molar-refractivity contribution is 6.09. The van der Waals surface area contributed by atoms with Gasteiger partial charge >= 0.3 is 6.18 Å². The van der Waals surface area contributed by atoms with Gasteiger partial charge in [-0.05, 0) is 69.1 Å². The molecule has 2 fully saturated rings. The molecule has 0 aliphatic heterocycles. The number of nitrogens with one attached hydrogen (secondary N) is 3. The Morgan fingerprint density at radius 1 is 1.12 bits per heavy atom. The van der Waals surface area contributed by atoms with Crippen molar-refractivity contribution in [3.8, 4) is 17.0 Å². The van der Waals surface area contributed by atoms with Crippen LogP contribution in [0.2, 0.25) is 0 Å². The van der Waals surface area contributed by atoms with Gasteiger partial charge in [0.05, 0.1) is 23.3 Å². The van der Waals surface area contributed by atoms with Crippen molar-refractivity contribution in [3.63, 3.8) is 0 Å². The fraction of sp³-hybridized carbons (Fsp3) is 0.517. The van der Waals surface area contributed by atoms with Crippen LogP contribution in [0.25, 0.3) is 22.3 Å². The lowest BCUT2D eigenvalue weighted by Crippen LogP contribution is -2.48. The molecule has 2 aromatic heterocycles. The molecule has 0 radical (unpaired) electrons. The van der Waals surface area contributed by atoms with Crippen molar-refractivity contribution >= 4 is 22.8 Å². The molecule has 11 heteroatoms. The molecule has 40 heavy (non-hydrogen) atoms. The minimum Gasteiger partial charge on any atom is -0.493 e. The molecule has 5 rings (SSSR count). The molecule has 3 N–H and O–H groups in total. The van der Waals surface area contributed by atoms with E-state index in [1.165, 1.54) is 12.4 Å². The third kappa shape index (κ3) is 5.93. The smallest absolute Gasteiger partial charge is 0.416 e. The van der Waals surface area contributed by atoms with Gasteiger partial charge in [-0.25, -0.2) is 9.97 Å². The first-order valence-corrected chi connectivity index (χ1v) is 13.8. The molecule has 0 unspecified atom stereocenters. The lowest BCUT2D eigenvalue weighted by atomic mass is 9.82. The molecule has 0 spiro atoms. The molecule has 8 nitrogen and oxygen atoms in total. The van der Waals surface area contributed by atoms with Crippen molar-refractivity contribution in [3.05, 3.63) is 41.3 Å². The summed E-state index contributed by atoms with van der Waals surface area (Å²) in [5.74, 6) is 0.618. The summed E-state index contributed by atoms with van der Waals surface area (Å²) in [7, 11) is 0. The van der Waals surface area contributed by atoms with Crippen molar-refractivity contribution < 1.29 is 27.5 Å². The molecule has 0 saturated heterocycles. The van der Waals surface area contributed by atoms with E-state index in [1.54, 1.807) is 6.92 Å². The van der Waals surface area contributed by atoms with Crippen LogP contribution in [-0.2, 0) is 11.0 Å². The number of hydrogen-bond acceptors (Lipinski definition) is 5. The van der Waals surface area contributed by atoms with Gasteiger partial charge in [-0.2, -0.15) is 13.2 Å². The zero-order valence-electron chi connectivity index (χ0n) is 22.8. The Kier molecular flexibility index (Phi) is 7.74. The molecule has 2 aliphatic carbocycles. The highest BCUT2D eigenvalue weighted by atomic mass is 19.4. The number of aromatic nitrogens is 3. The minimum atomic E-state index is -4.54. The molecule has 2 saturated carbocycles. The molecular weight excluding hydrogens is 523 g/mol. The Morgan fingerprint density at radius 2 is 1.90 bits per heavy atom. The number of carbonyl (C=O) groups excluding carboxylic acids is 2. The van der Waals surface area contributed by atoms with E-state index in [0.717, 1.165) is 37.8 Å². The third-order valence-corrected chi connectivity index (χ3v) is 7.90. The third-order valence-electron chi connectivity index (χ3n) is 7.90. The van der Waals surface area contributed by atoms with Crippen molar-refractivity contribution in [1.29, 1.82) is 0 Å². The maximum Gasteiger partial charge on any atom is 0.416 e. The van der Waals surface area contributed by atoms with Crippen LogP contribution in [0.15, 0.2) is 24.5 Å². The molecule has 0 bridgehead atoms. The number of nitrogens with zero attached hydrogens (tertiary/aromatic N) is 2. The number of ether oxygens (including phenoxy) is 1. The zero-order valence-corrected chi connectivity index (χ0v) is 22.8. The SMILES string of the molecule is CCC(=O)N[C@H]1CC[C@H](NC(=O)c2c(C)[nH]c3c(-c4cc(C(F)(F)F)ccc4OCC4CC4)ncnc23)C[C@H]1C. The maximum absolute atomic E-state index is 13.6. The monoisotopic (exact) mass is 557 g/mol. The summed E-state index contributed by atoms with van der Waals surface area (Å²) in [5.41, 5.74) is 1.21. The van der Waals surface area contributed by atoms with Gasteiger partial charge in [0.2, 0.25) is 5.91 Å². The van der Waals surface area contributed by atoms with Crippen LogP contribution in [-0.4, -0.2) is 45.5 Å². The molecule has 3 aromatic rings. The Bertz CT molecular complexity index is 1420. The van der Waals surface area contributed by atoms with Crippen LogP contribution in [0, 0.1) is 18.8 Å². The Morgan fingerprint density at radius 3 is 2.58 bits per heavy atom. The number of benzene rings is 1. The van der Waals surface area contributed by atoms with E-state index in [2.05, 4.69) is 32.5 Å². The number of halogens is 3. The second-order valence-corrected chi connectivity index (χ2v) is 11.0. The fourth-order valence-corrected chi connectivity index (χ4v) is 5.42. The number of hydrogen-bond donors (Lipinski definition) is 3. The van der Waals surface area contributed by atoms with Crippen LogP contribution < -0.4 is 15.4 Å². The van der Waals surface area contributed by atoms with Gasteiger partial charge in [0.1, 0.15) is 23.3 Å². The highest BCUT2D eigenvalue weighted by Crippen LogP contribution is 2.40. The molecule has 2 amide bonds. The summed E-state index contributed by atoms with van der Waals surface area (Å²) in [5, 5.41) is 6.16. The van der Waals surface area contributed by atoms with Gasteiger partial charge in [0.25, 0.3) is 5.91 Å². The summed E-state index contributed by atoms with van der Waals surface area (Å²) < 4.78 is 46.8. The second kappa shape index (κ2) is 11.1. The first-order valence-electron chi connectivity index (χ1n) is 13.8. The number of alkyl halides is 3. The Labute approximate surface area is 230 Å². The summed E-state index contributed by atoms with van der Waals surface area (Å²) in [4.78, 5) is 37.1. The number of rotatable bonds is 8. The number of fused-ring (bicyclic) bond motifs is 1. The molecular formula is C29H34F3N5O3. The summed E-state index contributed by atoms with van der Waals surface area (Å²) in [6, 6.07) is 3.38. The average molecular weight is 558 g/mol. The quantitative estimate of drug-likeness (QED) is 0.336. The van der Waals surface area contributed by atoms with E-state index >= 15 is 0 Å². The molecule has 1 aromatic carbocycles. The van der Waals surface area contributed by atoms with E-state index < -0.39 is 11.7 Å². The van der Waals surface area contributed by atoms with Gasteiger partial charge < -0.3 is 20.4 Å². The predicted octanol–water partition coefficient (Wildman–Crippen LogP) is 5.55. The lowest BCUT2D eigenvalue weighted by Gasteiger charge is -2.35. The van der Waals surface area contributed by atoms with Gasteiger partial charge in [-0.15, -0.1) is 0 Å². The van der Waals surface area contributed by atoms with Crippen molar-refractivity contribution in [1.82, 2.24) is 25.6 Å². The van der Waals surface area contributed by atoms with Crippen molar-refractivity contribution in [2.75, 3.05) is 6.61 Å². The molecule has 214 valence electrons. The van der Waals surface area contributed by atoms with E-state index in [4.69, 9.17) is 4.74 Å². The predicted molar refractivity (Wildman–Crippen MR) is 144 cm³/mol. The van der Waals surface area contributed by atoms with Crippen LogP contribution >= 0.6 is 0 Å². The van der Waals surface area contributed by atoms with Gasteiger partial charge in [0.15, 0.2) is 0 Å². The largest absolute Gasteiger partial charge is 0.493 e. The minimum absolute atomic E-state index is 0.0195. The van der Waals surface area contributed by atoms with Gasteiger partial charge in [-0.3, -0.25) is 9.59 Å². The second-order valence-electron chi connectivity index (χ2n) is 11.0. The Balaban J connectivity index is 1.43. The van der Waals surface area contributed by atoms with E-state index in [0.29, 0.717) is 53.4 Å². The van der Waals surface area contributed by atoms with Crippen molar-refractivity contribution in [2.45, 2.75) is 77.6 Å². The number of H-pyrrole nitrogens is 1. The van der Waals surface area contributed by atoms with E-state index in [9.17, 15) is 22.8 Å². The van der Waals surface area contributed by atoms with Gasteiger partial charge in [0, 0.05) is 29.8 Å². The van der Waals surface area contributed by atoms with E-state index in [-0.39, 0.29) is 41.1 Å². The van der Waals surface area contributed by atoms with Crippen molar-refractivity contribution in [2.24, 2.45) is 11.8 Å². The molecule has 3 atom stereocenters. The number of amides is 2. The van der Waals surface area contributed by atoms with Crippen LogP contribution in [0.4, 0.5) is 13.2 Å². The zero-order chi connectivity index (χ0) is 28.6. The first-order chi connectivity index (χ1) is 19.0. The normalized spacial score (nSPS) is 21.3. The molecule has 2 heterocycles. The number of aromatic amines is 1. The fourth-order valence-electron chi connectivity index (χ4n) is 5.42. The number of aryl methyl sites for hydroxylation is 1. The van der Waals surface area contributed by atoms with Crippen LogP contribution in [0.3, 0.4) is 0 Å². The maximum atomic E-state index is 13.6. The van der Waals surface area contributed by atoms with Crippen LogP contribution in [0.1, 0.15) is 74.0 Å². The molecule has 2 aliphatic rings. The first kappa shape index (κ1) is 27.9. The summed E-state index contributed by atoms with van der Waals surface area (Å²) >= 11 is 0. The average Bonchev–Trinajstić information content (AvgIpc) is 3.67. The highest BCUT2D eigenvalue weighted by Gasteiger charge is 2.33. The summed E-state index contributed by atoms with van der Waals surface area (Å²) in [6.45, 7) is 6.04.